The van der Waals surface area contributed by atoms with E-state index in [9.17, 15) is 4.79 Å². The zero-order chi connectivity index (χ0) is 21.7. The summed E-state index contributed by atoms with van der Waals surface area (Å²) in [6, 6.07) is 9.02. The van der Waals surface area contributed by atoms with Crippen LogP contribution in [0, 0.1) is 12.3 Å². The lowest BCUT2D eigenvalue weighted by molar-refractivity contribution is -0.117. The van der Waals surface area contributed by atoms with Gasteiger partial charge in [0, 0.05) is 12.1 Å². The van der Waals surface area contributed by atoms with Gasteiger partial charge in [-0.2, -0.15) is 4.99 Å². The first-order valence-electron chi connectivity index (χ1n) is 9.01. The summed E-state index contributed by atoms with van der Waals surface area (Å²) in [6.45, 7) is 0.276. The van der Waals surface area contributed by atoms with Gasteiger partial charge in [0.15, 0.2) is 27.8 Å². The van der Waals surface area contributed by atoms with Crippen molar-refractivity contribution in [1.29, 1.82) is 0 Å². The van der Waals surface area contributed by atoms with Crippen LogP contribution in [0.1, 0.15) is 5.56 Å². The van der Waals surface area contributed by atoms with E-state index in [0.29, 0.717) is 27.8 Å². The second-order valence-electron chi connectivity index (χ2n) is 6.22. The zero-order valence-corrected chi connectivity index (χ0v) is 18.0. The first-order valence-corrected chi connectivity index (χ1v) is 9.83. The summed E-state index contributed by atoms with van der Waals surface area (Å²) in [4.78, 5) is 17.5. The second kappa shape index (κ2) is 9.37. The molecule has 3 aromatic rings. The van der Waals surface area contributed by atoms with E-state index in [1.165, 1.54) is 11.3 Å². The number of carbonyl (C=O) groups excluding carboxylic acids is 1. The van der Waals surface area contributed by atoms with E-state index in [1.807, 2.05) is 22.8 Å². The highest BCUT2D eigenvalue weighted by Gasteiger charge is 2.13. The van der Waals surface area contributed by atoms with Crippen LogP contribution in [0.3, 0.4) is 0 Å². The minimum atomic E-state index is -0.293. The van der Waals surface area contributed by atoms with Crippen LogP contribution >= 0.6 is 11.3 Å². The molecular formula is C22H22N2O5S. The standard InChI is InChI=1S/C22H22N2O5S/c1-6-9-24-15-12-18(28-4)19(29-5)13-20(15)30-22(24)23-21(25)11-14-7-8-16(26-2)17(10-14)27-3/h1,7-8,10,12-13H,9,11H2,2-5H3. The maximum absolute atomic E-state index is 12.7. The van der Waals surface area contributed by atoms with Crippen molar-refractivity contribution in [2.24, 2.45) is 4.99 Å². The molecule has 1 heterocycles. The number of fused-ring (bicyclic) bond motifs is 1. The molecule has 0 N–H and O–H groups in total. The van der Waals surface area contributed by atoms with Crippen LogP contribution in [0.25, 0.3) is 10.2 Å². The predicted octanol–water partition coefficient (Wildman–Crippen LogP) is 3.04. The minimum Gasteiger partial charge on any atom is -0.493 e. The molecule has 0 fully saturated rings. The van der Waals surface area contributed by atoms with Crippen LogP contribution in [0.5, 0.6) is 23.0 Å². The summed E-state index contributed by atoms with van der Waals surface area (Å²) in [7, 11) is 6.26. The van der Waals surface area contributed by atoms with E-state index in [-0.39, 0.29) is 18.9 Å². The number of terminal acetylenes is 1. The number of nitrogens with zero attached hydrogens (tertiary/aromatic N) is 2. The van der Waals surface area contributed by atoms with Crippen molar-refractivity contribution in [1.82, 2.24) is 4.57 Å². The number of methoxy groups -OCH3 is 4. The summed E-state index contributed by atoms with van der Waals surface area (Å²) in [5, 5.41) is 0. The van der Waals surface area contributed by atoms with Crippen LogP contribution in [0.2, 0.25) is 0 Å². The summed E-state index contributed by atoms with van der Waals surface area (Å²) in [6.07, 6.45) is 5.67. The summed E-state index contributed by atoms with van der Waals surface area (Å²) < 4.78 is 24.0. The Kier molecular flexibility index (Phi) is 6.65. The predicted molar refractivity (Wildman–Crippen MR) is 116 cm³/mol. The fourth-order valence-electron chi connectivity index (χ4n) is 3.04. The topological polar surface area (TPSA) is 71.3 Å². The van der Waals surface area contributed by atoms with Gasteiger partial charge < -0.3 is 23.5 Å². The van der Waals surface area contributed by atoms with Crippen LogP contribution in [-0.2, 0) is 17.8 Å². The van der Waals surface area contributed by atoms with Crippen LogP contribution < -0.4 is 23.7 Å². The van der Waals surface area contributed by atoms with Crippen molar-refractivity contribution >= 4 is 27.5 Å². The molecule has 0 aliphatic rings. The number of carbonyl (C=O) groups is 1. The Balaban J connectivity index is 2.01. The number of thiazole rings is 1. The molecule has 7 nitrogen and oxygen atoms in total. The summed E-state index contributed by atoms with van der Waals surface area (Å²) >= 11 is 1.36. The van der Waals surface area contributed by atoms with Crippen LogP contribution in [0.4, 0.5) is 0 Å². The van der Waals surface area contributed by atoms with Gasteiger partial charge in [-0.3, -0.25) is 4.79 Å². The molecule has 0 saturated heterocycles. The molecule has 3 rings (SSSR count). The van der Waals surface area contributed by atoms with Gasteiger partial charge in [0.1, 0.15) is 0 Å². The number of aromatic nitrogens is 1. The number of amides is 1. The molecule has 0 aliphatic heterocycles. The Labute approximate surface area is 178 Å². The Hall–Kier alpha value is -3.44. The van der Waals surface area contributed by atoms with E-state index >= 15 is 0 Å². The molecule has 0 aliphatic carbocycles. The number of hydrogen-bond acceptors (Lipinski definition) is 6. The quantitative estimate of drug-likeness (QED) is 0.543. The van der Waals surface area contributed by atoms with Gasteiger partial charge in [-0.1, -0.05) is 23.3 Å². The molecule has 156 valence electrons. The van der Waals surface area contributed by atoms with Gasteiger partial charge in [0.25, 0.3) is 5.91 Å². The van der Waals surface area contributed by atoms with E-state index in [4.69, 9.17) is 25.4 Å². The van der Waals surface area contributed by atoms with Crippen molar-refractivity contribution < 1.29 is 23.7 Å². The van der Waals surface area contributed by atoms with E-state index in [1.54, 1.807) is 40.6 Å². The van der Waals surface area contributed by atoms with Crippen LogP contribution in [0.15, 0.2) is 35.3 Å². The van der Waals surface area contributed by atoms with E-state index in [0.717, 1.165) is 15.8 Å². The van der Waals surface area contributed by atoms with Gasteiger partial charge in [0.05, 0.1) is 51.6 Å². The van der Waals surface area contributed by atoms with Crippen LogP contribution in [-0.4, -0.2) is 38.9 Å². The van der Waals surface area contributed by atoms with Gasteiger partial charge >= 0.3 is 0 Å². The molecule has 0 atom stereocenters. The smallest absolute Gasteiger partial charge is 0.252 e. The fraction of sp³-hybridized carbons (Fsp3) is 0.273. The highest BCUT2D eigenvalue weighted by molar-refractivity contribution is 7.16. The second-order valence-corrected chi connectivity index (χ2v) is 7.23. The number of hydrogen-bond donors (Lipinski definition) is 0. The lowest BCUT2D eigenvalue weighted by Crippen LogP contribution is -2.17. The van der Waals surface area contributed by atoms with Gasteiger partial charge in [-0.05, 0) is 17.7 Å². The first-order chi connectivity index (χ1) is 14.5. The Morgan fingerprint density at radius 1 is 1.00 bits per heavy atom. The largest absolute Gasteiger partial charge is 0.493 e. The minimum absolute atomic E-state index is 0.122. The Morgan fingerprint density at radius 2 is 1.63 bits per heavy atom. The maximum Gasteiger partial charge on any atom is 0.252 e. The van der Waals surface area contributed by atoms with Gasteiger partial charge in [-0.25, -0.2) is 0 Å². The van der Waals surface area contributed by atoms with Gasteiger partial charge in [0.2, 0.25) is 0 Å². The molecular weight excluding hydrogens is 404 g/mol. The molecule has 1 aromatic heterocycles. The monoisotopic (exact) mass is 426 g/mol. The Morgan fingerprint density at radius 3 is 2.27 bits per heavy atom. The molecule has 0 bridgehead atoms. The van der Waals surface area contributed by atoms with Crippen molar-refractivity contribution in [2.45, 2.75) is 13.0 Å². The lowest BCUT2D eigenvalue weighted by Gasteiger charge is -2.08. The molecule has 0 radical (unpaired) electrons. The average Bonchev–Trinajstić information content (AvgIpc) is 3.08. The Bertz CT molecular complexity index is 1190. The van der Waals surface area contributed by atoms with E-state index < -0.39 is 0 Å². The third-order valence-corrected chi connectivity index (χ3v) is 5.50. The molecule has 1 amide bonds. The first kappa shape index (κ1) is 21.3. The maximum atomic E-state index is 12.7. The van der Waals surface area contributed by atoms with Crippen molar-refractivity contribution in [2.75, 3.05) is 28.4 Å². The molecule has 0 unspecified atom stereocenters. The third kappa shape index (κ3) is 4.26. The molecule has 30 heavy (non-hydrogen) atoms. The normalized spacial score (nSPS) is 11.2. The van der Waals surface area contributed by atoms with Crippen molar-refractivity contribution in [3.8, 4) is 35.3 Å². The summed E-state index contributed by atoms with van der Waals surface area (Å²) in [5.74, 6) is 4.66. The summed E-state index contributed by atoms with van der Waals surface area (Å²) in [5.41, 5.74) is 1.60. The molecule has 0 saturated carbocycles. The lowest BCUT2D eigenvalue weighted by atomic mass is 10.1. The molecule has 0 spiro atoms. The number of ether oxygens (including phenoxy) is 4. The van der Waals surface area contributed by atoms with Crippen molar-refractivity contribution in [3.05, 3.63) is 40.7 Å². The third-order valence-electron chi connectivity index (χ3n) is 4.46. The SMILES string of the molecule is C#CCn1c(=NC(=O)Cc2ccc(OC)c(OC)c2)sc2cc(OC)c(OC)cc21. The molecule has 8 heteroatoms. The number of rotatable bonds is 7. The van der Waals surface area contributed by atoms with E-state index in [2.05, 4.69) is 10.9 Å². The molecule has 2 aromatic carbocycles. The number of benzene rings is 2. The highest BCUT2D eigenvalue weighted by atomic mass is 32.1. The van der Waals surface area contributed by atoms with Crippen molar-refractivity contribution in [3.63, 3.8) is 0 Å². The average molecular weight is 426 g/mol. The van der Waals surface area contributed by atoms with Gasteiger partial charge in [-0.15, -0.1) is 6.42 Å². The highest BCUT2D eigenvalue weighted by Crippen LogP contribution is 2.33. The zero-order valence-electron chi connectivity index (χ0n) is 17.2. The fourth-order valence-corrected chi connectivity index (χ4v) is 4.09.